The van der Waals surface area contributed by atoms with Gasteiger partial charge in [0.25, 0.3) is 0 Å². The fourth-order valence-corrected chi connectivity index (χ4v) is 1.22. The van der Waals surface area contributed by atoms with Gasteiger partial charge in [0.05, 0.1) is 12.5 Å². The Labute approximate surface area is 84.7 Å². The van der Waals surface area contributed by atoms with Gasteiger partial charge >= 0.3 is 6.18 Å². The molecule has 0 aliphatic carbocycles. The van der Waals surface area contributed by atoms with Crippen LogP contribution in [0.1, 0.15) is 12.8 Å². The molecule has 1 atom stereocenters. The Hall–Kier alpha value is -0.820. The maximum absolute atomic E-state index is 11.6. The number of halogens is 3. The van der Waals surface area contributed by atoms with E-state index in [0.717, 1.165) is 6.42 Å². The molecule has 1 aliphatic heterocycles. The molecule has 1 unspecified atom stereocenters. The van der Waals surface area contributed by atoms with E-state index in [-0.39, 0.29) is 6.61 Å². The second-order valence-electron chi connectivity index (χ2n) is 3.28. The first kappa shape index (κ1) is 12.3. The van der Waals surface area contributed by atoms with E-state index in [1.807, 2.05) is 0 Å². The van der Waals surface area contributed by atoms with Gasteiger partial charge in [0.1, 0.15) is 0 Å². The van der Waals surface area contributed by atoms with Gasteiger partial charge in [-0.15, -0.1) is 0 Å². The Balaban J connectivity index is 2.17. The molecule has 1 amide bonds. The molecule has 1 N–H and O–H groups in total. The second kappa shape index (κ2) is 5.32. The van der Waals surface area contributed by atoms with E-state index >= 15 is 0 Å². The fraction of sp³-hybridized carbons (Fsp3) is 0.875. The molecule has 0 aromatic heterocycles. The number of nitrogens with one attached hydrogen (secondary N) is 1. The summed E-state index contributed by atoms with van der Waals surface area (Å²) in [6, 6.07) is 0. The molecule has 0 bridgehead atoms. The van der Waals surface area contributed by atoms with Crippen LogP contribution < -0.4 is 5.48 Å². The largest absolute Gasteiger partial charge is 0.414 e. The SMILES string of the molecule is O=C(NOCC(F)(F)F)C1CCCOC1. The zero-order valence-corrected chi connectivity index (χ0v) is 7.97. The summed E-state index contributed by atoms with van der Waals surface area (Å²) in [4.78, 5) is 15.2. The number of alkyl halides is 3. The van der Waals surface area contributed by atoms with E-state index in [9.17, 15) is 18.0 Å². The summed E-state index contributed by atoms with van der Waals surface area (Å²) in [6.45, 7) is -0.652. The highest BCUT2D eigenvalue weighted by atomic mass is 19.4. The molecule has 0 aromatic rings. The van der Waals surface area contributed by atoms with Crippen LogP contribution >= 0.6 is 0 Å². The van der Waals surface area contributed by atoms with Crippen molar-refractivity contribution in [2.24, 2.45) is 5.92 Å². The minimum atomic E-state index is -4.43. The summed E-state index contributed by atoms with van der Waals surface area (Å²) < 4.78 is 40.0. The van der Waals surface area contributed by atoms with Crippen molar-refractivity contribution in [3.63, 3.8) is 0 Å². The molecule has 0 saturated carbocycles. The van der Waals surface area contributed by atoms with Crippen LogP contribution in [0.5, 0.6) is 0 Å². The van der Waals surface area contributed by atoms with Gasteiger partial charge in [-0.25, -0.2) is 5.48 Å². The minimum Gasteiger partial charge on any atom is -0.381 e. The Morgan fingerprint density at radius 3 is 2.80 bits per heavy atom. The highest BCUT2D eigenvalue weighted by Crippen LogP contribution is 2.15. The van der Waals surface area contributed by atoms with Crippen molar-refractivity contribution < 1.29 is 27.5 Å². The van der Waals surface area contributed by atoms with Crippen LogP contribution in [0.15, 0.2) is 0 Å². The van der Waals surface area contributed by atoms with Crippen LogP contribution in [0.25, 0.3) is 0 Å². The molecule has 0 spiro atoms. The molecule has 4 nitrogen and oxygen atoms in total. The lowest BCUT2D eigenvalue weighted by Crippen LogP contribution is -2.37. The van der Waals surface area contributed by atoms with Crippen molar-refractivity contribution in [3.05, 3.63) is 0 Å². The average molecular weight is 227 g/mol. The Bertz CT molecular complexity index is 214. The van der Waals surface area contributed by atoms with Gasteiger partial charge in [-0.1, -0.05) is 0 Å². The summed E-state index contributed by atoms with van der Waals surface area (Å²) >= 11 is 0. The van der Waals surface area contributed by atoms with Crippen molar-refractivity contribution >= 4 is 5.91 Å². The molecule has 1 heterocycles. The van der Waals surface area contributed by atoms with Crippen LogP contribution in [0.3, 0.4) is 0 Å². The van der Waals surface area contributed by atoms with Gasteiger partial charge in [-0.2, -0.15) is 13.2 Å². The number of carbonyl (C=O) groups excluding carboxylic acids is 1. The lowest BCUT2D eigenvalue weighted by atomic mass is 10.0. The Morgan fingerprint density at radius 1 is 1.53 bits per heavy atom. The van der Waals surface area contributed by atoms with Gasteiger partial charge in [0.2, 0.25) is 5.91 Å². The number of rotatable bonds is 3. The monoisotopic (exact) mass is 227 g/mol. The first-order valence-electron chi connectivity index (χ1n) is 4.55. The van der Waals surface area contributed by atoms with Crippen molar-refractivity contribution in [1.82, 2.24) is 5.48 Å². The first-order chi connectivity index (χ1) is 6.99. The quantitative estimate of drug-likeness (QED) is 0.732. The van der Waals surface area contributed by atoms with Crippen molar-refractivity contribution in [2.75, 3.05) is 19.8 Å². The number of hydroxylamine groups is 1. The third-order valence-corrected chi connectivity index (χ3v) is 1.94. The Morgan fingerprint density at radius 2 is 2.27 bits per heavy atom. The molecular formula is C8H12F3NO3. The third-order valence-electron chi connectivity index (χ3n) is 1.94. The topological polar surface area (TPSA) is 47.6 Å². The van der Waals surface area contributed by atoms with Crippen LogP contribution in [0, 0.1) is 5.92 Å². The van der Waals surface area contributed by atoms with Gasteiger partial charge in [-0.05, 0) is 12.8 Å². The van der Waals surface area contributed by atoms with E-state index in [4.69, 9.17) is 4.74 Å². The van der Waals surface area contributed by atoms with Crippen molar-refractivity contribution in [1.29, 1.82) is 0 Å². The van der Waals surface area contributed by atoms with E-state index in [0.29, 0.717) is 13.0 Å². The average Bonchev–Trinajstić information content (AvgIpc) is 2.17. The number of amides is 1. The number of carbonyl (C=O) groups is 1. The van der Waals surface area contributed by atoms with E-state index in [1.54, 1.807) is 5.48 Å². The van der Waals surface area contributed by atoms with Crippen LogP contribution in [0.4, 0.5) is 13.2 Å². The van der Waals surface area contributed by atoms with Crippen molar-refractivity contribution in [2.45, 2.75) is 19.0 Å². The zero-order chi connectivity index (χ0) is 11.3. The molecule has 7 heteroatoms. The molecular weight excluding hydrogens is 215 g/mol. The zero-order valence-electron chi connectivity index (χ0n) is 7.97. The molecule has 1 saturated heterocycles. The summed E-state index contributed by atoms with van der Waals surface area (Å²) in [5.74, 6) is -0.967. The van der Waals surface area contributed by atoms with Gasteiger partial charge < -0.3 is 4.74 Å². The molecule has 1 aliphatic rings. The van der Waals surface area contributed by atoms with E-state index in [1.165, 1.54) is 0 Å². The van der Waals surface area contributed by atoms with Gasteiger partial charge in [0.15, 0.2) is 6.61 Å². The smallest absolute Gasteiger partial charge is 0.381 e. The predicted molar refractivity (Wildman–Crippen MR) is 43.7 cm³/mol. The molecule has 0 aromatic carbocycles. The summed E-state index contributed by atoms with van der Waals surface area (Å²) in [5, 5.41) is 0. The maximum Gasteiger partial charge on any atom is 0.414 e. The maximum atomic E-state index is 11.6. The van der Waals surface area contributed by atoms with Crippen LogP contribution in [-0.2, 0) is 14.4 Å². The predicted octanol–water partition coefficient (Wildman–Crippen LogP) is 1.02. The molecule has 1 fully saturated rings. The van der Waals surface area contributed by atoms with Crippen molar-refractivity contribution in [3.8, 4) is 0 Å². The second-order valence-corrected chi connectivity index (χ2v) is 3.28. The molecule has 0 radical (unpaired) electrons. The van der Waals surface area contributed by atoms with Crippen LogP contribution in [-0.4, -0.2) is 31.9 Å². The number of hydrogen-bond donors (Lipinski definition) is 1. The van der Waals surface area contributed by atoms with E-state index < -0.39 is 24.6 Å². The molecule has 1 rings (SSSR count). The first-order valence-corrected chi connectivity index (χ1v) is 4.55. The summed E-state index contributed by atoms with van der Waals surface area (Å²) in [6.07, 6.45) is -3.09. The number of ether oxygens (including phenoxy) is 1. The van der Waals surface area contributed by atoms with Gasteiger partial charge in [-0.3, -0.25) is 9.63 Å². The highest BCUT2D eigenvalue weighted by Gasteiger charge is 2.29. The fourth-order valence-electron chi connectivity index (χ4n) is 1.22. The van der Waals surface area contributed by atoms with Gasteiger partial charge in [0, 0.05) is 6.61 Å². The lowest BCUT2D eigenvalue weighted by molar-refractivity contribution is -0.193. The molecule has 15 heavy (non-hydrogen) atoms. The molecule has 88 valence electrons. The summed E-state index contributed by atoms with van der Waals surface area (Å²) in [5.41, 5.74) is 1.77. The normalized spacial score (nSPS) is 22.5. The van der Waals surface area contributed by atoms with E-state index in [2.05, 4.69) is 4.84 Å². The minimum absolute atomic E-state index is 0.237. The van der Waals surface area contributed by atoms with Crippen LogP contribution in [0.2, 0.25) is 0 Å². The highest BCUT2D eigenvalue weighted by molar-refractivity contribution is 5.77. The standard InChI is InChI=1S/C8H12F3NO3/c9-8(10,11)5-15-12-7(13)6-2-1-3-14-4-6/h6H,1-5H2,(H,12,13). The number of hydrogen-bond acceptors (Lipinski definition) is 3. The lowest BCUT2D eigenvalue weighted by Gasteiger charge is -2.20. The third kappa shape index (κ3) is 4.98. The summed E-state index contributed by atoms with van der Waals surface area (Å²) in [7, 11) is 0. The Kier molecular flexibility index (Phi) is 4.34.